The van der Waals surface area contributed by atoms with Crippen molar-refractivity contribution in [1.29, 1.82) is 0 Å². The van der Waals surface area contributed by atoms with E-state index in [4.69, 9.17) is 11.6 Å². The zero-order chi connectivity index (χ0) is 7.40. The van der Waals surface area contributed by atoms with Crippen molar-refractivity contribution in [1.82, 2.24) is 10.2 Å². The lowest BCUT2D eigenvalue weighted by Gasteiger charge is -1.92. The molecule has 0 radical (unpaired) electrons. The van der Waals surface area contributed by atoms with E-state index in [2.05, 4.69) is 15.5 Å². The van der Waals surface area contributed by atoms with Crippen molar-refractivity contribution in [2.75, 3.05) is 11.2 Å². The lowest BCUT2D eigenvalue weighted by Crippen LogP contribution is -2.12. The molecule has 0 aromatic carbocycles. The number of halogens is 1. The van der Waals surface area contributed by atoms with Crippen LogP contribution in [-0.2, 0) is 4.79 Å². The lowest BCUT2D eigenvalue weighted by atomic mass is 10.7. The molecule has 0 aliphatic heterocycles. The van der Waals surface area contributed by atoms with E-state index in [0.717, 1.165) is 0 Å². The number of carbonyl (C=O) groups excluding carboxylic acids is 1. The molecule has 0 saturated carbocycles. The minimum Gasteiger partial charge on any atom is -0.299 e. The minimum absolute atomic E-state index is 0.0560. The SMILES string of the molecule is O=C(CCl)Nc1nncs1. The molecule has 0 saturated heterocycles. The van der Waals surface area contributed by atoms with Crippen LogP contribution >= 0.6 is 22.9 Å². The van der Waals surface area contributed by atoms with Crippen LogP contribution in [0.25, 0.3) is 0 Å². The number of hydrogen-bond acceptors (Lipinski definition) is 4. The third-order valence-corrected chi connectivity index (χ3v) is 1.58. The van der Waals surface area contributed by atoms with Crippen LogP contribution in [0, 0.1) is 0 Å². The van der Waals surface area contributed by atoms with E-state index in [1.165, 1.54) is 16.8 Å². The highest BCUT2D eigenvalue weighted by molar-refractivity contribution is 7.13. The summed E-state index contributed by atoms with van der Waals surface area (Å²) < 4.78 is 0. The van der Waals surface area contributed by atoms with Crippen molar-refractivity contribution < 1.29 is 4.79 Å². The maximum absolute atomic E-state index is 10.6. The first kappa shape index (κ1) is 7.43. The van der Waals surface area contributed by atoms with Crippen molar-refractivity contribution in [3.63, 3.8) is 0 Å². The fourth-order valence-electron chi connectivity index (χ4n) is 0.380. The zero-order valence-electron chi connectivity index (χ0n) is 4.87. The fraction of sp³-hybridized carbons (Fsp3) is 0.250. The first-order chi connectivity index (χ1) is 4.83. The van der Waals surface area contributed by atoms with Crippen LogP contribution in [0.1, 0.15) is 0 Å². The van der Waals surface area contributed by atoms with E-state index in [0.29, 0.717) is 5.13 Å². The molecule has 0 unspecified atom stereocenters. The number of hydrogen-bond donors (Lipinski definition) is 1. The molecule has 6 heteroatoms. The molecule has 0 bridgehead atoms. The third kappa shape index (κ3) is 1.93. The van der Waals surface area contributed by atoms with Gasteiger partial charge in [-0.1, -0.05) is 11.3 Å². The standard InChI is InChI=1S/C4H4ClN3OS/c5-1-3(9)7-4-8-6-2-10-4/h2H,1H2,(H,7,8,9). The van der Waals surface area contributed by atoms with Crippen molar-refractivity contribution in [2.45, 2.75) is 0 Å². The van der Waals surface area contributed by atoms with E-state index < -0.39 is 0 Å². The van der Waals surface area contributed by atoms with Gasteiger partial charge >= 0.3 is 0 Å². The maximum Gasteiger partial charge on any atom is 0.241 e. The summed E-state index contributed by atoms with van der Waals surface area (Å²) in [5, 5.41) is 10.0. The third-order valence-electron chi connectivity index (χ3n) is 0.728. The Balaban J connectivity index is 2.48. The first-order valence-corrected chi connectivity index (χ1v) is 3.86. The van der Waals surface area contributed by atoms with E-state index >= 15 is 0 Å². The summed E-state index contributed by atoms with van der Waals surface area (Å²) in [5.74, 6) is -0.321. The molecule has 0 aliphatic carbocycles. The summed E-state index contributed by atoms with van der Waals surface area (Å²) >= 11 is 6.47. The van der Waals surface area contributed by atoms with Gasteiger partial charge in [0, 0.05) is 0 Å². The average Bonchev–Trinajstić information content (AvgIpc) is 2.40. The minimum atomic E-state index is -0.265. The first-order valence-electron chi connectivity index (χ1n) is 2.45. The number of nitrogens with one attached hydrogen (secondary N) is 1. The van der Waals surface area contributed by atoms with Crippen LogP contribution in [0.15, 0.2) is 5.51 Å². The van der Waals surface area contributed by atoms with Crippen LogP contribution < -0.4 is 5.32 Å². The van der Waals surface area contributed by atoms with Crippen LogP contribution in [0.5, 0.6) is 0 Å². The summed E-state index contributed by atoms with van der Waals surface area (Å²) in [4.78, 5) is 10.6. The van der Waals surface area contributed by atoms with Crippen LogP contribution in [-0.4, -0.2) is 22.0 Å². The molecule has 1 aromatic rings. The molecule has 10 heavy (non-hydrogen) atoms. The van der Waals surface area contributed by atoms with Gasteiger partial charge in [0.2, 0.25) is 11.0 Å². The number of nitrogens with zero attached hydrogens (tertiary/aromatic N) is 2. The Kier molecular flexibility index (Phi) is 2.58. The largest absolute Gasteiger partial charge is 0.299 e. The summed E-state index contributed by atoms with van der Waals surface area (Å²) in [6, 6.07) is 0. The Hall–Kier alpha value is -0.680. The van der Waals surface area contributed by atoms with Gasteiger partial charge in [-0.15, -0.1) is 21.8 Å². The lowest BCUT2D eigenvalue weighted by molar-refractivity contribution is -0.113. The molecule has 1 heterocycles. The summed E-state index contributed by atoms with van der Waals surface area (Å²) in [6.45, 7) is 0. The number of rotatable bonds is 2. The second-order valence-electron chi connectivity index (χ2n) is 1.43. The number of amides is 1. The van der Waals surface area contributed by atoms with Crippen LogP contribution in [0.4, 0.5) is 5.13 Å². The maximum atomic E-state index is 10.6. The summed E-state index contributed by atoms with van der Waals surface area (Å²) in [5.41, 5.74) is 1.53. The van der Waals surface area contributed by atoms with Crippen molar-refractivity contribution in [3.8, 4) is 0 Å². The molecule has 4 nitrogen and oxygen atoms in total. The molecule has 1 rings (SSSR count). The van der Waals surface area contributed by atoms with Gasteiger partial charge in [-0.2, -0.15) is 0 Å². The molecule has 0 atom stereocenters. The van der Waals surface area contributed by atoms with Gasteiger partial charge in [-0.25, -0.2) is 0 Å². The van der Waals surface area contributed by atoms with Gasteiger partial charge in [0.05, 0.1) is 0 Å². The molecule has 0 aliphatic rings. The summed E-state index contributed by atoms with van der Waals surface area (Å²) in [6.07, 6.45) is 0. The predicted octanol–water partition coefficient (Wildman–Crippen LogP) is 0.715. The quantitative estimate of drug-likeness (QED) is 0.678. The highest BCUT2D eigenvalue weighted by atomic mass is 35.5. The fourth-order valence-corrected chi connectivity index (χ4v) is 0.908. The van der Waals surface area contributed by atoms with Crippen molar-refractivity contribution in [3.05, 3.63) is 5.51 Å². The topological polar surface area (TPSA) is 54.9 Å². The number of alkyl halides is 1. The molecule has 54 valence electrons. The molecule has 1 N–H and O–H groups in total. The van der Waals surface area contributed by atoms with E-state index in [-0.39, 0.29) is 11.8 Å². The number of anilines is 1. The summed E-state index contributed by atoms with van der Waals surface area (Å²) in [7, 11) is 0. The molecule has 0 spiro atoms. The highest BCUT2D eigenvalue weighted by Gasteiger charge is 2.00. The zero-order valence-corrected chi connectivity index (χ0v) is 6.45. The molecule has 1 amide bonds. The Labute approximate surface area is 66.2 Å². The smallest absolute Gasteiger partial charge is 0.241 e. The predicted molar refractivity (Wildman–Crippen MR) is 39.3 cm³/mol. The van der Waals surface area contributed by atoms with E-state index in [9.17, 15) is 4.79 Å². The van der Waals surface area contributed by atoms with Crippen molar-refractivity contribution in [2.24, 2.45) is 0 Å². The molecule has 0 fully saturated rings. The Morgan fingerprint density at radius 2 is 2.70 bits per heavy atom. The van der Waals surface area contributed by atoms with Gasteiger partial charge in [0.25, 0.3) is 0 Å². The van der Waals surface area contributed by atoms with Gasteiger partial charge in [0.15, 0.2) is 0 Å². The Morgan fingerprint density at radius 1 is 1.90 bits per heavy atom. The molecular weight excluding hydrogens is 174 g/mol. The second kappa shape index (κ2) is 3.48. The Morgan fingerprint density at radius 3 is 3.20 bits per heavy atom. The number of carbonyl (C=O) groups is 1. The molecule has 1 aromatic heterocycles. The van der Waals surface area contributed by atoms with Gasteiger partial charge in [-0.3, -0.25) is 10.1 Å². The monoisotopic (exact) mass is 177 g/mol. The van der Waals surface area contributed by atoms with Gasteiger partial charge in [-0.05, 0) is 0 Å². The van der Waals surface area contributed by atoms with Gasteiger partial charge < -0.3 is 0 Å². The van der Waals surface area contributed by atoms with Crippen molar-refractivity contribution >= 4 is 34.0 Å². The normalized spacial score (nSPS) is 9.30. The van der Waals surface area contributed by atoms with E-state index in [1.54, 1.807) is 0 Å². The highest BCUT2D eigenvalue weighted by Crippen LogP contribution is 2.07. The average molecular weight is 178 g/mol. The van der Waals surface area contributed by atoms with E-state index in [1.807, 2.05) is 0 Å². The second-order valence-corrected chi connectivity index (χ2v) is 2.53. The van der Waals surface area contributed by atoms with Crippen LogP contribution in [0.3, 0.4) is 0 Å². The Bertz CT molecular complexity index is 212. The van der Waals surface area contributed by atoms with Gasteiger partial charge in [0.1, 0.15) is 11.4 Å². The van der Waals surface area contributed by atoms with Crippen LogP contribution in [0.2, 0.25) is 0 Å². The number of aromatic nitrogens is 2. The molecular formula is C4H4ClN3OS.